The molecule has 0 bridgehead atoms. The number of carboxylic acid groups (broad SMARTS) is 7. The molecule has 0 aliphatic carbocycles. The topological polar surface area (TPSA) is 281 Å². The summed E-state index contributed by atoms with van der Waals surface area (Å²) in [6.45, 7) is 0. The van der Waals surface area contributed by atoms with Gasteiger partial charge in [-0.25, -0.2) is 24.0 Å². The highest BCUT2D eigenvalue weighted by Gasteiger charge is 2.40. The highest BCUT2D eigenvalue weighted by atomic mass is 16.4. The molecule has 0 aromatic rings. The molecule has 0 aromatic carbocycles. The Labute approximate surface area is 160 Å². The highest BCUT2D eigenvalue weighted by Crippen LogP contribution is 2.15. The van der Waals surface area contributed by atoms with Crippen LogP contribution in [0.1, 0.15) is 12.8 Å². The second-order valence-corrected chi connectivity index (χ2v) is 4.50. The first-order valence-corrected chi connectivity index (χ1v) is 6.70. The number of aliphatic carboxylic acids is 7. The van der Waals surface area contributed by atoms with E-state index in [4.69, 9.17) is 40.9 Å². The molecule has 0 aromatic heterocycles. The fraction of sp³-hybridized carbons (Fsp3) is 0.214. The van der Waals surface area contributed by atoms with Crippen LogP contribution in [0.15, 0.2) is 24.3 Å². The number of hydrogen-bond donors (Lipinski definition) is 8. The molecule has 0 aliphatic heterocycles. The fourth-order valence-corrected chi connectivity index (χ4v) is 0.999. The van der Waals surface area contributed by atoms with Crippen LogP contribution in [-0.4, -0.2) is 88.2 Å². The second-order valence-electron chi connectivity index (χ2n) is 4.50. The number of carboxylic acids is 7. The zero-order chi connectivity index (χ0) is 23.8. The maximum Gasteiger partial charge on any atom is 0.336 e. The first-order valence-electron chi connectivity index (χ1n) is 6.70. The summed E-state index contributed by atoms with van der Waals surface area (Å²) in [6, 6.07) is 0. The minimum absolute atomic E-state index is 0.558. The summed E-state index contributed by atoms with van der Waals surface area (Å²) in [5.74, 6) is -10.0. The van der Waals surface area contributed by atoms with Crippen molar-refractivity contribution in [2.45, 2.75) is 18.4 Å². The largest absolute Gasteiger partial charge is 0.481 e. The third-order valence-electron chi connectivity index (χ3n) is 2.02. The maximum atomic E-state index is 10.3. The summed E-state index contributed by atoms with van der Waals surface area (Å²) in [5, 5.41) is 65.1. The lowest BCUT2D eigenvalue weighted by atomic mass is 9.96. The Hall–Kier alpha value is -4.27. The van der Waals surface area contributed by atoms with Crippen molar-refractivity contribution < 1.29 is 74.4 Å². The van der Waals surface area contributed by atoms with Gasteiger partial charge in [-0.1, -0.05) is 0 Å². The lowest BCUT2D eigenvalue weighted by molar-refractivity contribution is -0.170. The first kappa shape index (κ1) is 29.5. The van der Waals surface area contributed by atoms with Crippen molar-refractivity contribution >= 4 is 41.8 Å². The summed E-state index contributed by atoms with van der Waals surface area (Å²) in [6.07, 6.45) is -0.0569. The van der Waals surface area contributed by atoms with Crippen LogP contribution in [0.4, 0.5) is 0 Å². The molecule has 0 radical (unpaired) electrons. The van der Waals surface area contributed by atoms with E-state index in [1.165, 1.54) is 0 Å². The highest BCUT2D eigenvalue weighted by molar-refractivity contribution is 5.90. The van der Waals surface area contributed by atoms with E-state index in [2.05, 4.69) is 0 Å². The molecule has 8 N–H and O–H groups in total. The van der Waals surface area contributed by atoms with Gasteiger partial charge >= 0.3 is 41.8 Å². The van der Waals surface area contributed by atoms with Crippen LogP contribution >= 0.6 is 0 Å². The Morgan fingerprint density at radius 1 is 0.517 bits per heavy atom. The lowest BCUT2D eigenvalue weighted by Gasteiger charge is -2.18. The monoisotopic (exact) mass is 424 g/mol. The van der Waals surface area contributed by atoms with Crippen LogP contribution in [0.3, 0.4) is 0 Å². The minimum Gasteiger partial charge on any atom is -0.481 e. The zero-order valence-corrected chi connectivity index (χ0v) is 14.2. The van der Waals surface area contributed by atoms with Crippen molar-refractivity contribution in [3.05, 3.63) is 24.3 Å². The van der Waals surface area contributed by atoms with Crippen LogP contribution in [0.5, 0.6) is 0 Å². The molecule has 0 rings (SSSR count). The van der Waals surface area contributed by atoms with Gasteiger partial charge in [0.25, 0.3) is 0 Å². The Balaban J connectivity index is -0.000000368. The van der Waals surface area contributed by atoms with Crippen molar-refractivity contribution in [1.82, 2.24) is 0 Å². The van der Waals surface area contributed by atoms with E-state index in [0.29, 0.717) is 24.3 Å². The van der Waals surface area contributed by atoms with E-state index in [1.807, 2.05) is 0 Å². The molecule has 0 unspecified atom stereocenters. The Morgan fingerprint density at radius 3 is 0.828 bits per heavy atom. The number of aliphatic hydroxyl groups is 1. The van der Waals surface area contributed by atoms with Crippen molar-refractivity contribution in [3.8, 4) is 0 Å². The molecule has 0 saturated heterocycles. The minimum atomic E-state index is -2.74. The van der Waals surface area contributed by atoms with Gasteiger partial charge in [0, 0.05) is 24.3 Å². The van der Waals surface area contributed by atoms with Gasteiger partial charge in [-0.15, -0.1) is 0 Å². The van der Waals surface area contributed by atoms with E-state index in [9.17, 15) is 33.6 Å². The normalized spacial score (nSPS) is 10.1. The van der Waals surface area contributed by atoms with Crippen molar-refractivity contribution in [2.75, 3.05) is 0 Å². The molecule has 0 fully saturated rings. The van der Waals surface area contributed by atoms with Gasteiger partial charge in [-0.2, -0.15) is 0 Å². The zero-order valence-electron chi connectivity index (χ0n) is 14.2. The summed E-state index contributed by atoms with van der Waals surface area (Å²) in [7, 11) is 0. The molecule has 0 heterocycles. The van der Waals surface area contributed by atoms with E-state index in [1.54, 1.807) is 0 Å². The summed E-state index contributed by atoms with van der Waals surface area (Å²) < 4.78 is 0. The average Bonchev–Trinajstić information content (AvgIpc) is 2.50. The van der Waals surface area contributed by atoms with Crippen molar-refractivity contribution in [1.29, 1.82) is 0 Å². The van der Waals surface area contributed by atoms with Gasteiger partial charge in [-0.05, 0) is 0 Å². The van der Waals surface area contributed by atoms with Crippen LogP contribution in [0.2, 0.25) is 0 Å². The van der Waals surface area contributed by atoms with Crippen LogP contribution in [-0.2, 0) is 33.6 Å². The van der Waals surface area contributed by atoms with Gasteiger partial charge in [0.2, 0.25) is 0 Å². The predicted octanol–water partition coefficient (Wildman–Crippen LogP) is -1.82. The van der Waals surface area contributed by atoms with Crippen LogP contribution in [0.25, 0.3) is 0 Å². The molecule has 0 spiro atoms. The van der Waals surface area contributed by atoms with Crippen LogP contribution < -0.4 is 0 Å². The molecule has 15 nitrogen and oxygen atoms in total. The lowest BCUT2D eigenvalue weighted by Crippen LogP contribution is -2.42. The van der Waals surface area contributed by atoms with E-state index < -0.39 is 60.2 Å². The molecule has 0 amide bonds. The van der Waals surface area contributed by atoms with E-state index >= 15 is 0 Å². The molecule has 162 valence electrons. The fourth-order valence-electron chi connectivity index (χ4n) is 0.999. The molecule has 0 saturated carbocycles. The van der Waals surface area contributed by atoms with E-state index in [-0.39, 0.29) is 0 Å². The second kappa shape index (κ2) is 14.9. The van der Waals surface area contributed by atoms with Gasteiger partial charge in [0.1, 0.15) is 0 Å². The SMILES string of the molecule is O=C(O)C=CC(=O)O.O=C(O)C=CC(=O)O.O=C(O)CC(O)(CC(=O)O)C(=O)O. The average molecular weight is 424 g/mol. The first-order chi connectivity index (χ1) is 13.0. The Bertz CT molecular complexity index is 618. The smallest absolute Gasteiger partial charge is 0.336 e. The summed E-state index contributed by atoms with van der Waals surface area (Å²) >= 11 is 0. The summed E-state index contributed by atoms with van der Waals surface area (Å²) in [4.78, 5) is 68.7. The van der Waals surface area contributed by atoms with Crippen LogP contribution in [0, 0.1) is 0 Å². The van der Waals surface area contributed by atoms with Gasteiger partial charge in [0.05, 0.1) is 12.8 Å². The molecule has 15 heteroatoms. The Kier molecular flexibility index (Phi) is 15.1. The number of rotatable bonds is 9. The third-order valence-corrected chi connectivity index (χ3v) is 2.02. The predicted molar refractivity (Wildman–Crippen MR) is 85.9 cm³/mol. The molecule has 0 aliphatic rings. The quantitative estimate of drug-likeness (QED) is 0.189. The van der Waals surface area contributed by atoms with Gasteiger partial charge in [0.15, 0.2) is 5.60 Å². The number of carbonyl (C=O) groups is 7. The molecule has 29 heavy (non-hydrogen) atoms. The standard InChI is InChI=1S/C6H8O7.2C4H4O4/c7-3(8)1-6(13,5(11)12)2-4(9)10;2*5-3(6)1-2-4(7)8/h13H,1-2H2,(H,7,8)(H,9,10)(H,11,12);2*1-2H,(H,5,6)(H,7,8). The third kappa shape index (κ3) is 23.7. The summed E-state index contributed by atoms with van der Waals surface area (Å²) in [5.41, 5.74) is -2.74. The van der Waals surface area contributed by atoms with Crippen molar-refractivity contribution in [3.63, 3.8) is 0 Å². The Morgan fingerprint density at radius 2 is 0.724 bits per heavy atom. The van der Waals surface area contributed by atoms with Gasteiger partial charge in [-0.3, -0.25) is 9.59 Å². The molecular formula is C14H16O15. The molecular weight excluding hydrogens is 408 g/mol. The van der Waals surface area contributed by atoms with Gasteiger partial charge < -0.3 is 40.9 Å². The number of hydrogen-bond acceptors (Lipinski definition) is 8. The maximum absolute atomic E-state index is 10.3. The van der Waals surface area contributed by atoms with Crippen molar-refractivity contribution in [2.24, 2.45) is 0 Å². The molecule has 0 atom stereocenters. The van der Waals surface area contributed by atoms with E-state index in [0.717, 1.165) is 0 Å².